The van der Waals surface area contributed by atoms with Gasteiger partial charge in [-0.05, 0) is 43.0 Å². The number of carbonyl (C=O) groups excluding carboxylic acids is 1. The fourth-order valence-electron chi connectivity index (χ4n) is 3.60. The molecule has 1 amide bonds. The summed E-state index contributed by atoms with van der Waals surface area (Å²) < 4.78 is 40.4. The second kappa shape index (κ2) is 9.67. The summed E-state index contributed by atoms with van der Waals surface area (Å²) in [5.41, 5.74) is 1.39. The van der Waals surface area contributed by atoms with E-state index < -0.39 is 11.3 Å². The molecule has 0 bridgehead atoms. The Morgan fingerprint density at radius 2 is 1.77 bits per heavy atom. The maximum Gasteiger partial charge on any atom is 0.573 e. The number of benzene rings is 2. The first-order valence-electron chi connectivity index (χ1n) is 9.84. The molecule has 0 atom stereocenters. The van der Waals surface area contributed by atoms with Gasteiger partial charge in [0, 0.05) is 31.6 Å². The van der Waals surface area contributed by atoms with E-state index in [0.717, 1.165) is 5.56 Å². The number of nitro benzene ring substituents is 1. The smallest absolute Gasteiger partial charge is 0.406 e. The van der Waals surface area contributed by atoms with Gasteiger partial charge in [-0.15, -0.1) is 13.2 Å². The van der Waals surface area contributed by atoms with Gasteiger partial charge < -0.3 is 15.0 Å². The maximum absolute atomic E-state index is 12.4. The van der Waals surface area contributed by atoms with Crippen LogP contribution in [0.15, 0.2) is 48.5 Å². The molecular formula is C21H22F3N3O4. The van der Waals surface area contributed by atoms with E-state index in [4.69, 9.17) is 0 Å². The van der Waals surface area contributed by atoms with E-state index in [0.29, 0.717) is 44.6 Å². The molecule has 2 aromatic carbocycles. The zero-order valence-corrected chi connectivity index (χ0v) is 16.6. The van der Waals surface area contributed by atoms with Crippen LogP contribution in [0.25, 0.3) is 0 Å². The second-order valence-corrected chi connectivity index (χ2v) is 7.24. The van der Waals surface area contributed by atoms with Crippen LogP contribution in [-0.4, -0.2) is 36.8 Å². The molecule has 10 heteroatoms. The Bertz CT molecular complexity index is 911. The van der Waals surface area contributed by atoms with Crippen LogP contribution in [0, 0.1) is 16.0 Å². The number of alkyl halides is 3. The van der Waals surface area contributed by atoms with Crippen molar-refractivity contribution in [3.05, 3.63) is 64.2 Å². The monoisotopic (exact) mass is 437 g/mol. The maximum atomic E-state index is 12.4. The van der Waals surface area contributed by atoms with Crippen LogP contribution < -0.4 is 15.0 Å². The molecule has 0 spiro atoms. The first-order chi connectivity index (χ1) is 14.7. The van der Waals surface area contributed by atoms with Crippen molar-refractivity contribution in [2.45, 2.75) is 25.6 Å². The molecule has 1 N–H and O–H groups in total. The average Bonchev–Trinajstić information content (AvgIpc) is 2.74. The van der Waals surface area contributed by atoms with E-state index in [1.807, 2.05) is 4.90 Å². The molecule has 0 radical (unpaired) electrons. The Kier molecular flexibility index (Phi) is 6.98. The SMILES string of the molecule is O=C(NCCc1ccc(OC(F)(F)F)cc1)C1CCN(c2ccccc2[N+](=O)[O-])CC1. The molecule has 1 fully saturated rings. The third-order valence-corrected chi connectivity index (χ3v) is 5.15. The largest absolute Gasteiger partial charge is 0.573 e. The van der Waals surface area contributed by atoms with Gasteiger partial charge in [-0.25, -0.2) is 0 Å². The van der Waals surface area contributed by atoms with Crippen molar-refractivity contribution >= 4 is 17.3 Å². The van der Waals surface area contributed by atoms with Crippen LogP contribution >= 0.6 is 0 Å². The van der Waals surface area contributed by atoms with E-state index in [1.54, 1.807) is 18.2 Å². The van der Waals surface area contributed by atoms with Gasteiger partial charge in [0.05, 0.1) is 4.92 Å². The topological polar surface area (TPSA) is 84.7 Å². The Balaban J connectivity index is 1.44. The molecule has 0 saturated carbocycles. The van der Waals surface area contributed by atoms with Gasteiger partial charge in [0.25, 0.3) is 5.69 Å². The summed E-state index contributed by atoms with van der Waals surface area (Å²) in [6, 6.07) is 12.1. The highest BCUT2D eigenvalue weighted by Crippen LogP contribution is 2.31. The Morgan fingerprint density at radius 1 is 1.13 bits per heavy atom. The van der Waals surface area contributed by atoms with Gasteiger partial charge in [0.1, 0.15) is 11.4 Å². The Hall–Kier alpha value is -3.30. The van der Waals surface area contributed by atoms with Crippen molar-refractivity contribution in [1.29, 1.82) is 0 Å². The van der Waals surface area contributed by atoms with Crippen LogP contribution in [-0.2, 0) is 11.2 Å². The van der Waals surface area contributed by atoms with E-state index >= 15 is 0 Å². The highest BCUT2D eigenvalue weighted by molar-refractivity contribution is 5.79. The number of nitro groups is 1. The summed E-state index contributed by atoms with van der Waals surface area (Å²) in [7, 11) is 0. The Labute approximate surface area is 177 Å². The standard InChI is InChI=1S/C21H22F3N3O4/c22-21(23,24)31-17-7-5-15(6-8-17)9-12-25-20(28)16-10-13-26(14-11-16)18-3-1-2-4-19(18)27(29)30/h1-8,16H,9-14H2,(H,25,28). The minimum absolute atomic E-state index is 0.0528. The molecule has 1 aliphatic heterocycles. The second-order valence-electron chi connectivity index (χ2n) is 7.24. The van der Waals surface area contributed by atoms with Crippen molar-refractivity contribution in [3.63, 3.8) is 0 Å². The number of rotatable bonds is 7. The molecule has 2 aromatic rings. The summed E-state index contributed by atoms with van der Waals surface area (Å²) in [6.07, 6.45) is -3.08. The van der Waals surface area contributed by atoms with Gasteiger partial charge in [-0.2, -0.15) is 0 Å². The van der Waals surface area contributed by atoms with Crippen LogP contribution in [0.4, 0.5) is 24.5 Å². The molecule has 7 nitrogen and oxygen atoms in total. The van der Waals surface area contributed by atoms with Crippen molar-refractivity contribution in [3.8, 4) is 5.75 Å². The quantitative estimate of drug-likeness (QED) is 0.522. The van der Waals surface area contributed by atoms with Gasteiger partial charge in [0.15, 0.2) is 0 Å². The molecule has 0 aliphatic carbocycles. The predicted molar refractivity (Wildman–Crippen MR) is 108 cm³/mol. The summed E-state index contributed by atoms with van der Waals surface area (Å²) in [5.74, 6) is -0.550. The lowest BCUT2D eigenvalue weighted by Crippen LogP contribution is -2.41. The minimum Gasteiger partial charge on any atom is -0.406 e. The summed E-state index contributed by atoms with van der Waals surface area (Å²) in [5, 5.41) is 14.1. The molecule has 31 heavy (non-hydrogen) atoms. The highest BCUT2D eigenvalue weighted by atomic mass is 19.4. The van der Waals surface area contributed by atoms with Crippen LogP contribution in [0.3, 0.4) is 0 Å². The molecular weight excluding hydrogens is 415 g/mol. The van der Waals surface area contributed by atoms with Crippen LogP contribution in [0.5, 0.6) is 5.75 Å². The number of para-hydroxylation sites is 2. The number of nitrogens with zero attached hydrogens (tertiary/aromatic N) is 2. The van der Waals surface area contributed by atoms with Gasteiger partial charge >= 0.3 is 6.36 Å². The minimum atomic E-state index is -4.73. The molecule has 1 saturated heterocycles. The van der Waals surface area contributed by atoms with Crippen LogP contribution in [0.1, 0.15) is 18.4 Å². The number of halogens is 3. The lowest BCUT2D eigenvalue weighted by Gasteiger charge is -2.32. The van der Waals surface area contributed by atoms with E-state index in [2.05, 4.69) is 10.1 Å². The summed E-state index contributed by atoms with van der Waals surface area (Å²) in [6.45, 7) is 1.45. The van der Waals surface area contributed by atoms with E-state index in [1.165, 1.54) is 30.3 Å². The fourth-order valence-corrected chi connectivity index (χ4v) is 3.60. The highest BCUT2D eigenvalue weighted by Gasteiger charge is 2.31. The number of ether oxygens (including phenoxy) is 1. The van der Waals surface area contributed by atoms with Gasteiger partial charge in [-0.3, -0.25) is 14.9 Å². The molecule has 3 rings (SSSR count). The van der Waals surface area contributed by atoms with E-state index in [9.17, 15) is 28.1 Å². The Morgan fingerprint density at radius 3 is 2.39 bits per heavy atom. The zero-order valence-electron chi connectivity index (χ0n) is 16.6. The third-order valence-electron chi connectivity index (χ3n) is 5.15. The number of hydrogen-bond donors (Lipinski definition) is 1. The third kappa shape index (κ3) is 6.34. The van der Waals surface area contributed by atoms with Crippen molar-refractivity contribution < 1.29 is 27.6 Å². The fraction of sp³-hybridized carbons (Fsp3) is 0.381. The number of anilines is 1. The van der Waals surface area contributed by atoms with Crippen LogP contribution in [0.2, 0.25) is 0 Å². The normalized spacial score (nSPS) is 14.9. The molecule has 0 unspecified atom stereocenters. The lowest BCUT2D eigenvalue weighted by atomic mass is 9.95. The number of amides is 1. The summed E-state index contributed by atoms with van der Waals surface area (Å²) in [4.78, 5) is 25.2. The van der Waals surface area contributed by atoms with Gasteiger partial charge in [0.2, 0.25) is 5.91 Å². The van der Waals surface area contributed by atoms with Crippen molar-refractivity contribution in [2.24, 2.45) is 5.92 Å². The zero-order chi connectivity index (χ0) is 22.4. The first kappa shape index (κ1) is 22.4. The number of nitrogens with one attached hydrogen (secondary N) is 1. The predicted octanol–water partition coefficient (Wildman–Crippen LogP) is 4.07. The molecule has 1 aliphatic rings. The lowest BCUT2D eigenvalue weighted by molar-refractivity contribution is -0.384. The van der Waals surface area contributed by atoms with E-state index in [-0.39, 0.29) is 23.3 Å². The van der Waals surface area contributed by atoms with Crippen molar-refractivity contribution in [2.75, 3.05) is 24.5 Å². The molecule has 0 aromatic heterocycles. The number of hydrogen-bond acceptors (Lipinski definition) is 5. The van der Waals surface area contributed by atoms with Gasteiger partial charge in [-0.1, -0.05) is 24.3 Å². The summed E-state index contributed by atoms with van der Waals surface area (Å²) >= 11 is 0. The number of carbonyl (C=O) groups is 1. The molecule has 1 heterocycles. The first-order valence-corrected chi connectivity index (χ1v) is 9.84. The molecule has 166 valence electrons. The average molecular weight is 437 g/mol. The number of piperidine rings is 1. The van der Waals surface area contributed by atoms with Crippen molar-refractivity contribution in [1.82, 2.24) is 5.32 Å².